The molecule has 3 N–H and O–H groups in total. The number of benzene rings is 1. The van der Waals surface area contributed by atoms with Crippen molar-refractivity contribution < 1.29 is 0 Å². The summed E-state index contributed by atoms with van der Waals surface area (Å²) >= 11 is 9.22. The van der Waals surface area contributed by atoms with Gasteiger partial charge in [0.15, 0.2) is 0 Å². The fourth-order valence-corrected chi connectivity index (χ4v) is 2.14. The van der Waals surface area contributed by atoms with E-state index in [0.717, 1.165) is 21.5 Å². The molecular formula is C12H11BrClN3. The fourth-order valence-electron chi connectivity index (χ4n) is 1.37. The summed E-state index contributed by atoms with van der Waals surface area (Å²) in [5, 5.41) is 3.82. The first kappa shape index (κ1) is 12.2. The van der Waals surface area contributed by atoms with Gasteiger partial charge >= 0.3 is 0 Å². The molecule has 0 fully saturated rings. The summed E-state index contributed by atoms with van der Waals surface area (Å²) in [6, 6.07) is 9.51. The molecule has 1 aromatic carbocycles. The zero-order valence-electron chi connectivity index (χ0n) is 8.95. The predicted octanol–water partition coefficient (Wildman–Crippen LogP) is 3.69. The van der Waals surface area contributed by atoms with Crippen LogP contribution in [0.2, 0.25) is 5.02 Å². The number of hydrogen-bond acceptors (Lipinski definition) is 3. The molecule has 0 atom stereocenters. The first-order valence-electron chi connectivity index (χ1n) is 5.04. The highest BCUT2D eigenvalue weighted by Gasteiger charge is 2.01. The highest BCUT2D eigenvalue weighted by atomic mass is 79.9. The van der Waals surface area contributed by atoms with E-state index >= 15 is 0 Å². The molecule has 3 nitrogen and oxygen atoms in total. The van der Waals surface area contributed by atoms with Gasteiger partial charge in [-0.25, -0.2) is 4.98 Å². The number of rotatable bonds is 3. The van der Waals surface area contributed by atoms with Crippen LogP contribution >= 0.6 is 27.5 Å². The summed E-state index contributed by atoms with van der Waals surface area (Å²) in [5.74, 6) is 0.770. The minimum atomic E-state index is 0.606. The van der Waals surface area contributed by atoms with Crippen LogP contribution in [0.15, 0.2) is 41.0 Å². The van der Waals surface area contributed by atoms with Crippen LogP contribution in [0.3, 0.4) is 0 Å². The largest absolute Gasteiger partial charge is 0.399 e. The predicted molar refractivity (Wildman–Crippen MR) is 75.1 cm³/mol. The third-order valence-corrected chi connectivity index (χ3v) is 3.06. The molecule has 0 bridgehead atoms. The Kier molecular flexibility index (Phi) is 3.86. The lowest BCUT2D eigenvalue weighted by molar-refractivity contribution is 1.11. The lowest BCUT2D eigenvalue weighted by Crippen LogP contribution is -2.02. The van der Waals surface area contributed by atoms with E-state index in [1.54, 1.807) is 12.3 Å². The quantitative estimate of drug-likeness (QED) is 0.850. The Morgan fingerprint density at radius 3 is 2.65 bits per heavy atom. The molecule has 0 aliphatic rings. The molecule has 0 radical (unpaired) electrons. The second kappa shape index (κ2) is 5.38. The van der Waals surface area contributed by atoms with Gasteiger partial charge in [0.1, 0.15) is 5.82 Å². The molecule has 1 heterocycles. The number of nitrogens with one attached hydrogen (secondary N) is 1. The SMILES string of the molecule is Nc1ccc(CNc2ncc(Cl)cc2Br)cc1. The fraction of sp³-hybridized carbons (Fsp3) is 0.0833. The molecule has 0 unspecified atom stereocenters. The minimum Gasteiger partial charge on any atom is -0.399 e. The van der Waals surface area contributed by atoms with Gasteiger partial charge in [0.05, 0.1) is 9.50 Å². The first-order chi connectivity index (χ1) is 8.15. The summed E-state index contributed by atoms with van der Waals surface area (Å²) in [7, 11) is 0. The van der Waals surface area contributed by atoms with Crippen molar-refractivity contribution in [2.75, 3.05) is 11.1 Å². The second-order valence-electron chi connectivity index (χ2n) is 3.58. The highest BCUT2D eigenvalue weighted by molar-refractivity contribution is 9.10. The van der Waals surface area contributed by atoms with Crippen molar-refractivity contribution in [3.8, 4) is 0 Å². The van der Waals surface area contributed by atoms with Crippen molar-refractivity contribution in [1.82, 2.24) is 4.98 Å². The Morgan fingerprint density at radius 1 is 1.29 bits per heavy atom. The molecular weight excluding hydrogens is 302 g/mol. The average molecular weight is 313 g/mol. The standard InChI is InChI=1S/C12H11BrClN3/c13-11-5-9(14)7-17-12(11)16-6-8-1-3-10(15)4-2-8/h1-5,7H,6,15H2,(H,16,17). The molecule has 5 heteroatoms. The van der Waals surface area contributed by atoms with Gasteiger partial charge in [0.2, 0.25) is 0 Å². The third kappa shape index (κ3) is 3.35. The van der Waals surface area contributed by atoms with Gasteiger partial charge in [0, 0.05) is 18.4 Å². The van der Waals surface area contributed by atoms with Gasteiger partial charge in [-0.15, -0.1) is 0 Å². The molecule has 0 saturated heterocycles. The highest BCUT2D eigenvalue weighted by Crippen LogP contribution is 2.23. The van der Waals surface area contributed by atoms with Crippen molar-refractivity contribution in [2.45, 2.75) is 6.54 Å². The van der Waals surface area contributed by atoms with Gasteiger partial charge in [-0.05, 0) is 39.7 Å². The molecule has 17 heavy (non-hydrogen) atoms. The summed E-state index contributed by atoms with van der Waals surface area (Å²) in [6.07, 6.45) is 1.61. The van der Waals surface area contributed by atoms with Crippen LogP contribution in [0.1, 0.15) is 5.56 Å². The van der Waals surface area contributed by atoms with Crippen LogP contribution in [0.4, 0.5) is 11.5 Å². The maximum Gasteiger partial charge on any atom is 0.140 e. The smallest absolute Gasteiger partial charge is 0.140 e. The normalized spacial score (nSPS) is 10.2. The molecule has 2 rings (SSSR count). The molecule has 0 aliphatic heterocycles. The lowest BCUT2D eigenvalue weighted by Gasteiger charge is -2.08. The average Bonchev–Trinajstić information content (AvgIpc) is 2.30. The molecule has 0 aliphatic carbocycles. The van der Waals surface area contributed by atoms with Crippen LogP contribution < -0.4 is 11.1 Å². The molecule has 1 aromatic heterocycles. The van der Waals surface area contributed by atoms with Crippen molar-refractivity contribution in [1.29, 1.82) is 0 Å². The molecule has 2 aromatic rings. The lowest BCUT2D eigenvalue weighted by atomic mass is 10.2. The number of aromatic nitrogens is 1. The Labute approximate surface area is 113 Å². The number of hydrogen-bond donors (Lipinski definition) is 2. The van der Waals surface area contributed by atoms with Crippen LogP contribution in [0, 0.1) is 0 Å². The first-order valence-corrected chi connectivity index (χ1v) is 6.21. The number of halogens is 2. The summed E-state index contributed by atoms with van der Waals surface area (Å²) < 4.78 is 0.848. The Bertz CT molecular complexity index is 514. The third-order valence-electron chi connectivity index (χ3n) is 2.25. The summed E-state index contributed by atoms with van der Waals surface area (Å²) in [5.41, 5.74) is 7.52. The Hall–Kier alpha value is -1.26. The van der Waals surface area contributed by atoms with Crippen molar-refractivity contribution >= 4 is 39.0 Å². The molecule has 0 saturated carbocycles. The van der Waals surface area contributed by atoms with Crippen LogP contribution in [0.5, 0.6) is 0 Å². The zero-order valence-corrected chi connectivity index (χ0v) is 11.3. The molecule has 0 spiro atoms. The van der Waals surface area contributed by atoms with Gasteiger partial charge in [0.25, 0.3) is 0 Å². The van der Waals surface area contributed by atoms with Gasteiger partial charge in [-0.1, -0.05) is 23.7 Å². The topological polar surface area (TPSA) is 50.9 Å². The van der Waals surface area contributed by atoms with Gasteiger partial charge in [-0.2, -0.15) is 0 Å². The van der Waals surface area contributed by atoms with E-state index in [-0.39, 0.29) is 0 Å². The van der Waals surface area contributed by atoms with Gasteiger partial charge in [-0.3, -0.25) is 0 Å². The van der Waals surface area contributed by atoms with Crippen molar-refractivity contribution in [2.24, 2.45) is 0 Å². The zero-order chi connectivity index (χ0) is 12.3. The van der Waals surface area contributed by atoms with E-state index in [1.165, 1.54) is 0 Å². The maximum atomic E-state index is 5.82. The van der Waals surface area contributed by atoms with Gasteiger partial charge < -0.3 is 11.1 Å². The minimum absolute atomic E-state index is 0.606. The maximum absolute atomic E-state index is 5.82. The van der Waals surface area contributed by atoms with Crippen molar-refractivity contribution in [3.63, 3.8) is 0 Å². The van der Waals surface area contributed by atoms with Crippen LogP contribution in [-0.2, 0) is 6.54 Å². The number of nitrogen functional groups attached to an aromatic ring is 1. The van der Waals surface area contributed by atoms with E-state index in [1.807, 2.05) is 24.3 Å². The number of anilines is 2. The van der Waals surface area contributed by atoms with E-state index in [2.05, 4.69) is 26.2 Å². The Balaban J connectivity index is 2.04. The number of nitrogens with two attached hydrogens (primary N) is 1. The Morgan fingerprint density at radius 2 is 2.00 bits per heavy atom. The van der Waals surface area contributed by atoms with Crippen molar-refractivity contribution in [3.05, 3.63) is 51.6 Å². The second-order valence-corrected chi connectivity index (χ2v) is 4.87. The number of pyridine rings is 1. The summed E-state index contributed by atoms with van der Waals surface area (Å²) in [4.78, 5) is 4.20. The monoisotopic (exact) mass is 311 g/mol. The van der Waals surface area contributed by atoms with Crippen LogP contribution in [-0.4, -0.2) is 4.98 Å². The van der Waals surface area contributed by atoms with Crippen LogP contribution in [0.25, 0.3) is 0 Å². The van der Waals surface area contributed by atoms with E-state index in [4.69, 9.17) is 17.3 Å². The van der Waals surface area contributed by atoms with E-state index in [0.29, 0.717) is 11.6 Å². The number of nitrogens with zero attached hydrogens (tertiary/aromatic N) is 1. The van der Waals surface area contributed by atoms with E-state index in [9.17, 15) is 0 Å². The summed E-state index contributed by atoms with van der Waals surface area (Å²) in [6.45, 7) is 0.688. The molecule has 0 amide bonds. The van der Waals surface area contributed by atoms with E-state index < -0.39 is 0 Å². The molecule has 88 valence electrons.